The van der Waals surface area contributed by atoms with E-state index >= 15 is 0 Å². The maximum Gasteiger partial charge on any atom is 0.407 e. The van der Waals surface area contributed by atoms with Crippen LogP contribution in [0.25, 0.3) is 0 Å². The van der Waals surface area contributed by atoms with Crippen molar-refractivity contribution in [1.29, 1.82) is 0 Å². The summed E-state index contributed by atoms with van der Waals surface area (Å²) in [5, 5.41) is 10.9. The first-order valence-corrected chi connectivity index (χ1v) is 7.01. The van der Waals surface area contributed by atoms with E-state index < -0.39 is 5.60 Å². The van der Waals surface area contributed by atoms with Crippen LogP contribution in [0.15, 0.2) is 6.20 Å². The average Bonchev–Trinajstić information content (AvgIpc) is 2.68. The molecule has 0 saturated heterocycles. The second-order valence-electron chi connectivity index (χ2n) is 5.82. The standard InChI is InChI=1S/C12H20N4O2S/c1-12(2,3)18-11(17)13-8-4-10(5-8)16-6-9(7-19)14-15-16/h6,8,10,19H,4-5,7H2,1-3H3,(H,13,17). The average molecular weight is 284 g/mol. The van der Waals surface area contributed by atoms with Crippen molar-refractivity contribution in [2.45, 2.75) is 57.1 Å². The first-order valence-electron chi connectivity index (χ1n) is 6.38. The normalized spacial score (nSPS) is 22.7. The van der Waals surface area contributed by atoms with E-state index in [0.29, 0.717) is 11.8 Å². The Bertz CT molecular complexity index is 449. The monoisotopic (exact) mass is 284 g/mol. The van der Waals surface area contributed by atoms with E-state index in [1.54, 1.807) is 0 Å². The van der Waals surface area contributed by atoms with E-state index in [1.807, 2.05) is 31.6 Å². The molecule has 1 aromatic rings. The van der Waals surface area contributed by atoms with Gasteiger partial charge in [-0.3, -0.25) is 0 Å². The Hall–Kier alpha value is -1.24. The third-order valence-electron chi connectivity index (χ3n) is 2.93. The fourth-order valence-electron chi connectivity index (χ4n) is 1.96. The predicted octanol–water partition coefficient (Wildman–Crippen LogP) is 1.94. The van der Waals surface area contributed by atoms with Gasteiger partial charge in [0.1, 0.15) is 5.60 Å². The van der Waals surface area contributed by atoms with Gasteiger partial charge in [-0.25, -0.2) is 9.48 Å². The molecule has 0 spiro atoms. The zero-order chi connectivity index (χ0) is 14.0. The smallest absolute Gasteiger partial charge is 0.407 e. The lowest BCUT2D eigenvalue weighted by Crippen LogP contribution is -2.46. The van der Waals surface area contributed by atoms with Gasteiger partial charge in [0.2, 0.25) is 0 Å². The molecule has 7 heteroatoms. The van der Waals surface area contributed by atoms with Crippen molar-refractivity contribution in [2.24, 2.45) is 0 Å². The zero-order valence-electron chi connectivity index (χ0n) is 11.5. The van der Waals surface area contributed by atoms with Gasteiger partial charge < -0.3 is 10.1 Å². The summed E-state index contributed by atoms with van der Waals surface area (Å²) in [5.74, 6) is 0.590. The van der Waals surface area contributed by atoms with E-state index in [0.717, 1.165) is 18.5 Å². The molecule has 0 radical (unpaired) electrons. The number of rotatable bonds is 3. The van der Waals surface area contributed by atoms with Gasteiger partial charge in [0.15, 0.2) is 0 Å². The molecule has 1 amide bonds. The highest BCUT2D eigenvalue weighted by molar-refractivity contribution is 7.79. The largest absolute Gasteiger partial charge is 0.444 e. The third kappa shape index (κ3) is 3.86. The minimum Gasteiger partial charge on any atom is -0.444 e. The maximum absolute atomic E-state index is 11.6. The van der Waals surface area contributed by atoms with Crippen molar-refractivity contribution in [1.82, 2.24) is 20.3 Å². The summed E-state index contributed by atoms with van der Waals surface area (Å²) in [4.78, 5) is 11.6. The summed E-state index contributed by atoms with van der Waals surface area (Å²) >= 11 is 4.15. The van der Waals surface area contributed by atoms with Crippen molar-refractivity contribution in [3.8, 4) is 0 Å². The quantitative estimate of drug-likeness (QED) is 0.832. The highest BCUT2D eigenvalue weighted by Gasteiger charge is 2.33. The molecule has 0 atom stereocenters. The van der Waals surface area contributed by atoms with Crippen LogP contribution < -0.4 is 5.32 Å². The van der Waals surface area contributed by atoms with Crippen molar-refractivity contribution in [3.63, 3.8) is 0 Å². The minimum absolute atomic E-state index is 0.156. The number of hydrogen-bond donors (Lipinski definition) is 2. The van der Waals surface area contributed by atoms with Crippen LogP contribution in [0.2, 0.25) is 0 Å². The molecule has 1 aliphatic rings. The Morgan fingerprint density at radius 2 is 2.26 bits per heavy atom. The van der Waals surface area contributed by atoms with Crippen molar-refractivity contribution < 1.29 is 9.53 Å². The van der Waals surface area contributed by atoms with Gasteiger partial charge in [0.25, 0.3) is 0 Å². The zero-order valence-corrected chi connectivity index (χ0v) is 12.4. The van der Waals surface area contributed by atoms with Gasteiger partial charge in [0, 0.05) is 18.0 Å². The molecule has 1 N–H and O–H groups in total. The van der Waals surface area contributed by atoms with Crippen LogP contribution in [0.3, 0.4) is 0 Å². The number of amides is 1. The van der Waals surface area contributed by atoms with Crippen LogP contribution in [0.1, 0.15) is 45.3 Å². The van der Waals surface area contributed by atoms with Gasteiger partial charge in [-0.15, -0.1) is 5.10 Å². The van der Waals surface area contributed by atoms with E-state index in [-0.39, 0.29) is 12.1 Å². The number of hydrogen-bond acceptors (Lipinski definition) is 5. The molecule has 106 valence electrons. The molecule has 1 aliphatic carbocycles. The van der Waals surface area contributed by atoms with Crippen LogP contribution in [0, 0.1) is 0 Å². The van der Waals surface area contributed by atoms with Crippen LogP contribution in [0.4, 0.5) is 4.79 Å². The van der Waals surface area contributed by atoms with Gasteiger partial charge in [0.05, 0.1) is 11.7 Å². The number of alkyl carbamates (subject to hydrolysis) is 1. The summed E-state index contributed by atoms with van der Waals surface area (Å²) in [5.41, 5.74) is 0.410. The van der Waals surface area contributed by atoms with Gasteiger partial charge >= 0.3 is 6.09 Å². The molecule has 2 rings (SSSR count). The first-order chi connectivity index (χ1) is 8.87. The molecular weight excluding hydrogens is 264 g/mol. The molecule has 1 aromatic heterocycles. The second kappa shape index (κ2) is 5.40. The summed E-state index contributed by atoms with van der Waals surface area (Å²) < 4.78 is 7.06. The molecule has 0 bridgehead atoms. The number of aromatic nitrogens is 3. The molecule has 1 heterocycles. The SMILES string of the molecule is CC(C)(C)OC(=O)NC1CC(n2cc(CS)nn2)C1. The maximum atomic E-state index is 11.6. The number of ether oxygens (including phenoxy) is 1. The Balaban J connectivity index is 1.76. The number of carbonyl (C=O) groups excluding carboxylic acids is 1. The highest BCUT2D eigenvalue weighted by atomic mass is 32.1. The van der Waals surface area contributed by atoms with E-state index in [4.69, 9.17) is 4.74 Å². The highest BCUT2D eigenvalue weighted by Crippen LogP contribution is 2.31. The van der Waals surface area contributed by atoms with Crippen molar-refractivity contribution >= 4 is 18.7 Å². The fraction of sp³-hybridized carbons (Fsp3) is 0.750. The second-order valence-corrected chi connectivity index (χ2v) is 6.13. The van der Waals surface area contributed by atoms with Crippen LogP contribution >= 0.6 is 12.6 Å². The lowest BCUT2D eigenvalue weighted by molar-refractivity contribution is 0.0452. The molecule has 6 nitrogen and oxygen atoms in total. The van der Waals surface area contributed by atoms with Crippen LogP contribution in [-0.4, -0.2) is 32.7 Å². The molecule has 0 aliphatic heterocycles. The molecule has 19 heavy (non-hydrogen) atoms. The topological polar surface area (TPSA) is 69.0 Å². The summed E-state index contributed by atoms with van der Waals surface area (Å²) in [7, 11) is 0. The minimum atomic E-state index is -0.458. The van der Waals surface area contributed by atoms with Crippen molar-refractivity contribution in [2.75, 3.05) is 0 Å². The van der Waals surface area contributed by atoms with Gasteiger partial charge in [-0.2, -0.15) is 12.6 Å². The van der Waals surface area contributed by atoms with Gasteiger partial charge in [-0.05, 0) is 33.6 Å². The summed E-state index contributed by atoms with van der Waals surface area (Å²) in [6.45, 7) is 5.56. The molecule has 1 fully saturated rings. The molecular formula is C12H20N4O2S. The number of carbonyl (C=O) groups is 1. The summed E-state index contributed by atoms with van der Waals surface area (Å²) in [6, 6.07) is 0.463. The number of nitrogens with one attached hydrogen (secondary N) is 1. The lowest BCUT2D eigenvalue weighted by Gasteiger charge is -2.35. The molecule has 0 aromatic carbocycles. The number of thiol groups is 1. The van der Waals surface area contributed by atoms with E-state index in [2.05, 4.69) is 28.3 Å². The Morgan fingerprint density at radius 1 is 1.58 bits per heavy atom. The third-order valence-corrected chi connectivity index (χ3v) is 3.25. The molecule has 0 unspecified atom stereocenters. The fourth-order valence-corrected chi connectivity index (χ4v) is 2.11. The lowest BCUT2D eigenvalue weighted by atomic mass is 9.87. The Kier molecular flexibility index (Phi) is 4.03. The van der Waals surface area contributed by atoms with Gasteiger partial charge in [-0.1, -0.05) is 5.21 Å². The summed E-state index contributed by atoms with van der Waals surface area (Å²) in [6.07, 6.45) is 3.26. The Morgan fingerprint density at radius 3 is 2.79 bits per heavy atom. The first kappa shape index (κ1) is 14.2. The van der Waals surface area contributed by atoms with E-state index in [9.17, 15) is 4.79 Å². The van der Waals surface area contributed by atoms with E-state index in [1.165, 1.54) is 0 Å². The van der Waals surface area contributed by atoms with Crippen molar-refractivity contribution in [3.05, 3.63) is 11.9 Å². The Labute approximate surface area is 118 Å². The van der Waals surface area contributed by atoms with Crippen LogP contribution in [0.5, 0.6) is 0 Å². The predicted molar refractivity (Wildman–Crippen MR) is 74.1 cm³/mol. The van der Waals surface area contributed by atoms with Crippen LogP contribution in [-0.2, 0) is 10.5 Å². The molecule has 1 saturated carbocycles. The number of nitrogens with zero attached hydrogens (tertiary/aromatic N) is 3.